The van der Waals surface area contributed by atoms with Crippen molar-refractivity contribution in [3.63, 3.8) is 0 Å². The molecule has 0 spiro atoms. The number of nitrogens with one attached hydrogen (secondary N) is 2. The molecule has 5 rings (SSSR count). The summed E-state index contributed by atoms with van der Waals surface area (Å²) < 4.78 is 5.18. The third-order valence-electron chi connectivity index (χ3n) is 5.21. The highest BCUT2D eigenvalue weighted by Gasteiger charge is 2.27. The maximum Gasteiger partial charge on any atom is 0.294 e. The number of amides is 3. The van der Waals surface area contributed by atoms with E-state index in [9.17, 15) is 14.4 Å². The molecule has 0 saturated carbocycles. The van der Waals surface area contributed by atoms with Gasteiger partial charge < -0.3 is 15.2 Å². The molecule has 2 heterocycles. The number of hydrogen-bond acceptors (Lipinski definition) is 5. The van der Waals surface area contributed by atoms with Gasteiger partial charge in [0.2, 0.25) is 11.7 Å². The van der Waals surface area contributed by atoms with Crippen LogP contribution in [0.25, 0.3) is 11.3 Å². The van der Waals surface area contributed by atoms with Gasteiger partial charge in [0.1, 0.15) is 12.2 Å². The molecule has 4 aromatic rings. The van der Waals surface area contributed by atoms with Crippen LogP contribution in [0.2, 0.25) is 0 Å². The number of rotatable bonds is 4. The van der Waals surface area contributed by atoms with E-state index in [-0.39, 0.29) is 24.1 Å². The first-order valence-electron chi connectivity index (χ1n) is 10.2. The molecule has 0 atom stereocenters. The lowest BCUT2D eigenvalue weighted by Crippen LogP contribution is -2.42. The summed E-state index contributed by atoms with van der Waals surface area (Å²) in [5.41, 5.74) is 3.52. The largest absolute Gasteiger partial charge is 0.350 e. The summed E-state index contributed by atoms with van der Waals surface area (Å²) in [5.74, 6) is -0.943. The molecule has 33 heavy (non-hydrogen) atoms. The second kappa shape index (κ2) is 8.43. The molecule has 0 saturated heterocycles. The van der Waals surface area contributed by atoms with Crippen molar-refractivity contribution in [1.82, 2.24) is 5.16 Å². The van der Waals surface area contributed by atoms with Crippen LogP contribution in [-0.2, 0) is 4.79 Å². The predicted octanol–water partition coefficient (Wildman–Crippen LogP) is 4.19. The topological polar surface area (TPSA) is 105 Å². The van der Waals surface area contributed by atoms with Crippen molar-refractivity contribution in [2.45, 2.75) is 0 Å². The monoisotopic (exact) mass is 438 g/mol. The number of benzene rings is 3. The summed E-state index contributed by atoms with van der Waals surface area (Å²) in [4.78, 5) is 39.0. The molecular weight excluding hydrogens is 420 g/mol. The summed E-state index contributed by atoms with van der Waals surface area (Å²) in [5, 5.41) is 9.43. The SMILES string of the molecule is O=C1CN(C(=O)c2ccc(NC(=O)c3cc(-c4ccccc4)no3)cc2)c2ccccc2N1. The van der Waals surface area contributed by atoms with Crippen molar-refractivity contribution in [3.05, 3.63) is 96.3 Å². The van der Waals surface area contributed by atoms with Gasteiger partial charge in [-0.3, -0.25) is 19.3 Å². The maximum absolute atomic E-state index is 13.0. The van der Waals surface area contributed by atoms with Crippen LogP contribution < -0.4 is 15.5 Å². The first-order valence-corrected chi connectivity index (χ1v) is 10.2. The van der Waals surface area contributed by atoms with Crippen molar-refractivity contribution >= 4 is 34.8 Å². The van der Waals surface area contributed by atoms with Crippen LogP contribution in [0, 0.1) is 0 Å². The van der Waals surface area contributed by atoms with E-state index >= 15 is 0 Å². The second-order valence-corrected chi connectivity index (χ2v) is 7.43. The average molecular weight is 438 g/mol. The molecule has 2 N–H and O–H groups in total. The Balaban J connectivity index is 1.29. The maximum atomic E-state index is 13.0. The van der Waals surface area contributed by atoms with Gasteiger partial charge in [-0.15, -0.1) is 0 Å². The van der Waals surface area contributed by atoms with Crippen LogP contribution in [0.5, 0.6) is 0 Å². The number of carbonyl (C=O) groups excluding carboxylic acids is 3. The van der Waals surface area contributed by atoms with Gasteiger partial charge in [0, 0.05) is 22.9 Å². The fraction of sp³-hybridized carbons (Fsp3) is 0.0400. The van der Waals surface area contributed by atoms with Gasteiger partial charge in [-0.25, -0.2) is 0 Å². The second-order valence-electron chi connectivity index (χ2n) is 7.43. The molecule has 8 heteroatoms. The van der Waals surface area contributed by atoms with E-state index in [0.717, 1.165) is 5.56 Å². The molecule has 1 aliphatic rings. The average Bonchev–Trinajstić information content (AvgIpc) is 3.35. The standard InChI is InChI=1S/C25H18N4O4/c30-23-15-29(21-9-5-4-8-19(21)27-23)25(32)17-10-12-18(13-11-17)26-24(31)22-14-20(28-33-22)16-6-2-1-3-7-16/h1-14H,15H2,(H,26,31)(H,27,30). The van der Waals surface area contributed by atoms with Crippen LogP contribution >= 0.6 is 0 Å². The van der Waals surface area contributed by atoms with E-state index in [1.54, 1.807) is 48.5 Å². The lowest BCUT2D eigenvalue weighted by atomic mass is 10.1. The molecule has 8 nitrogen and oxygen atoms in total. The lowest BCUT2D eigenvalue weighted by molar-refractivity contribution is -0.115. The Hall–Kier alpha value is -4.72. The molecule has 1 aliphatic heterocycles. The zero-order chi connectivity index (χ0) is 22.8. The molecule has 1 aromatic heterocycles. The van der Waals surface area contributed by atoms with Gasteiger partial charge in [0.25, 0.3) is 11.8 Å². The van der Waals surface area contributed by atoms with E-state index in [4.69, 9.17) is 4.52 Å². The van der Waals surface area contributed by atoms with Crippen molar-refractivity contribution in [2.75, 3.05) is 22.1 Å². The van der Waals surface area contributed by atoms with Gasteiger partial charge in [-0.2, -0.15) is 0 Å². The summed E-state index contributed by atoms with van der Waals surface area (Å²) >= 11 is 0. The number of carbonyl (C=O) groups is 3. The van der Waals surface area contributed by atoms with Crippen LogP contribution in [0.1, 0.15) is 20.9 Å². The van der Waals surface area contributed by atoms with E-state index in [2.05, 4.69) is 15.8 Å². The Labute approximate surface area is 188 Å². The van der Waals surface area contributed by atoms with E-state index < -0.39 is 5.91 Å². The zero-order valence-electron chi connectivity index (χ0n) is 17.3. The van der Waals surface area contributed by atoms with Crippen LogP contribution in [0.3, 0.4) is 0 Å². The Morgan fingerprint density at radius 2 is 1.67 bits per heavy atom. The Morgan fingerprint density at radius 3 is 2.45 bits per heavy atom. The number of nitrogens with zero attached hydrogens (tertiary/aromatic N) is 2. The number of para-hydroxylation sites is 2. The number of anilines is 3. The van der Waals surface area contributed by atoms with Gasteiger partial charge in [0.05, 0.1) is 11.4 Å². The summed E-state index contributed by atoms with van der Waals surface area (Å²) in [6.45, 7) is -0.0659. The van der Waals surface area contributed by atoms with Crippen LogP contribution in [0.4, 0.5) is 17.1 Å². The van der Waals surface area contributed by atoms with Crippen molar-refractivity contribution in [2.24, 2.45) is 0 Å². The first kappa shape index (κ1) is 20.2. The molecular formula is C25H18N4O4. The third kappa shape index (κ3) is 4.09. The highest BCUT2D eigenvalue weighted by molar-refractivity contribution is 6.15. The van der Waals surface area contributed by atoms with Crippen molar-refractivity contribution < 1.29 is 18.9 Å². The van der Waals surface area contributed by atoms with Crippen LogP contribution in [0.15, 0.2) is 89.5 Å². The molecule has 162 valence electrons. The fourth-order valence-corrected chi connectivity index (χ4v) is 3.59. The van der Waals surface area contributed by atoms with Crippen LogP contribution in [-0.4, -0.2) is 29.4 Å². The Bertz CT molecular complexity index is 1350. The molecule has 0 fully saturated rings. The van der Waals surface area contributed by atoms with E-state index in [1.165, 1.54) is 4.90 Å². The van der Waals surface area contributed by atoms with Crippen molar-refractivity contribution in [1.29, 1.82) is 0 Å². The third-order valence-corrected chi connectivity index (χ3v) is 5.21. The zero-order valence-corrected chi connectivity index (χ0v) is 17.3. The molecule has 0 aliphatic carbocycles. The van der Waals surface area contributed by atoms with E-state index in [0.29, 0.717) is 28.3 Å². The van der Waals surface area contributed by atoms with Gasteiger partial charge >= 0.3 is 0 Å². The van der Waals surface area contributed by atoms with Crippen molar-refractivity contribution in [3.8, 4) is 11.3 Å². The normalized spacial score (nSPS) is 12.6. The molecule has 3 amide bonds. The first-order chi connectivity index (χ1) is 16.1. The number of fused-ring (bicyclic) bond motifs is 1. The minimum absolute atomic E-state index is 0.0659. The lowest BCUT2D eigenvalue weighted by Gasteiger charge is -2.29. The van der Waals surface area contributed by atoms with Gasteiger partial charge in [-0.05, 0) is 36.4 Å². The molecule has 0 radical (unpaired) electrons. The summed E-state index contributed by atoms with van der Waals surface area (Å²) in [6, 6.07) is 24.5. The highest BCUT2D eigenvalue weighted by atomic mass is 16.5. The quantitative estimate of drug-likeness (QED) is 0.497. The minimum Gasteiger partial charge on any atom is -0.350 e. The van der Waals surface area contributed by atoms with Gasteiger partial charge in [-0.1, -0.05) is 47.6 Å². The van der Waals surface area contributed by atoms with Gasteiger partial charge in [0.15, 0.2) is 0 Å². The minimum atomic E-state index is -0.453. The highest BCUT2D eigenvalue weighted by Crippen LogP contribution is 2.30. The summed E-state index contributed by atoms with van der Waals surface area (Å²) in [7, 11) is 0. The Morgan fingerprint density at radius 1 is 0.939 bits per heavy atom. The molecule has 0 bridgehead atoms. The molecule has 0 unspecified atom stereocenters. The fourth-order valence-electron chi connectivity index (χ4n) is 3.59. The Kier molecular flexibility index (Phi) is 5.16. The summed E-state index contributed by atoms with van der Waals surface area (Å²) in [6.07, 6.45) is 0. The smallest absolute Gasteiger partial charge is 0.294 e. The molecule has 3 aromatic carbocycles. The van der Waals surface area contributed by atoms with E-state index in [1.807, 2.05) is 36.4 Å². The number of aromatic nitrogens is 1. The number of hydrogen-bond donors (Lipinski definition) is 2. The predicted molar refractivity (Wildman–Crippen MR) is 123 cm³/mol.